The van der Waals surface area contributed by atoms with Gasteiger partial charge in [-0.1, -0.05) is 23.7 Å². The maximum absolute atomic E-state index is 13.8. The Morgan fingerprint density at radius 1 is 1.14 bits per heavy atom. The van der Waals surface area contributed by atoms with Gasteiger partial charge in [-0.05, 0) is 24.3 Å². The van der Waals surface area contributed by atoms with Crippen LogP contribution in [0.2, 0.25) is 5.02 Å². The standard InChI is InChI=1S/C15H10ClFN2O2/c16-9-5-4-8(11(17)6-9)7-19-14(20)10-2-1-3-12(18)13(10)15(19)21/h1-6H,7,18H2. The molecule has 0 fully saturated rings. The number of imide groups is 1. The molecule has 1 aliphatic rings. The molecule has 0 saturated heterocycles. The van der Waals surface area contributed by atoms with E-state index in [4.69, 9.17) is 17.3 Å². The Hall–Kier alpha value is -2.40. The van der Waals surface area contributed by atoms with E-state index < -0.39 is 17.6 Å². The zero-order valence-corrected chi connectivity index (χ0v) is 11.5. The zero-order valence-electron chi connectivity index (χ0n) is 10.8. The minimum Gasteiger partial charge on any atom is -0.398 e. The lowest BCUT2D eigenvalue weighted by Crippen LogP contribution is -2.29. The molecular weight excluding hydrogens is 295 g/mol. The predicted octanol–water partition coefficient (Wildman–Crippen LogP) is 2.86. The van der Waals surface area contributed by atoms with Crippen LogP contribution in [0.3, 0.4) is 0 Å². The summed E-state index contributed by atoms with van der Waals surface area (Å²) in [5, 5.41) is 0.253. The molecule has 6 heteroatoms. The molecule has 2 aromatic carbocycles. The number of nitrogen functional groups attached to an aromatic ring is 1. The van der Waals surface area contributed by atoms with Crippen molar-refractivity contribution >= 4 is 29.1 Å². The second-order valence-corrected chi connectivity index (χ2v) is 5.14. The fraction of sp³-hybridized carbons (Fsp3) is 0.0667. The first kappa shape index (κ1) is 13.6. The van der Waals surface area contributed by atoms with Gasteiger partial charge in [0.25, 0.3) is 11.8 Å². The molecule has 0 aromatic heterocycles. The third-order valence-corrected chi connectivity index (χ3v) is 3.61. The van der Waals surface area contributed by atoms with E-state index in [-0.39, 0.29) is 33.9 Å². The van der Waals surface area contributed by atoms with Gasteiger partial charge in [-0.15, -0.1) is 0 Å². The SMILES string of the molecule is Nc1cccc2c1C(=O)N(Cc1ccc(Cl)cc1F)C2=O. The normalized spacial score (nSPS) is 13.7. The number of carbonyl (C=O) groups excluding carboxylic acids is 2. The molecular formula is C15H10ClFN2O2. The number of anilines is 1. The Bertz CT molecular complexity index is 776. The van der Waals surface area contributed by atoms with Crippen molar-refractivity contribution in [3.63, 3.8) is 0 Å². The average Bonchev–Trinajstić information content (AvgIpc) is 2.68. The third-order valence-electron chi connectivity index (χ3n) is 3.37. The molecule has 0 atom stereocenters. The van der Waals surface area contributed by atoms with Crippen LogP contribution in [0.15, 0.2) is 36.4 Å². The van der Waals surface area contributed by atoms with Crippen molar-refractivity contribution < 1.29 is 14.0 Å². The van der Waals surface area contributed by atoms with Crippen LogP contribution >= 0.6 is 11.6 Å². The molecule has 0 radical (unpaired) electrons. The van der Waals surface area contributed by atoms with Gasteiger partial charge in [0, 0.05) is 16.3 Å². The highest BCUT2D eigenvalue weighted by Crippen LogP contribution is 2.29. The quantitative estimate of drug-likeness (QED) is 0.685. The lowest BCUT2D eigenvalue weighted by atomic mass is 10.1. The van der Waals surface area contributed by atoms with E-state index in [0.717, 1.165) is 11.0 Å². The Morgan fingerprint density at radius 3 is 2.57 bits per heavy atom. The van der Waals surface area contributed by atoms with Crippen LogP contribution in [0.4, 0.5) is 10.1 Å². The molecule has 2 aromatic rings. The van der Waals surface area contributed by atoms with Crippen molar-refractivity contribution in [1.82, 2.24) is 4.90 Å². The first-order valence-corrected chi connectivity index (χ1v) is 6.55. The smallest absolute Gasteiger partial charge is 0.263 e. The molecule has 21 heavy (non-hydrogen) atoms. The van der Waals surface area contributed by atoms with Crippen LogP contribution in [0.1, 0.15) is 26.3 Å². The van der Waals surface area contributed by atoms with Gasteiger partial charge in [0.05, 0.1) is 17.7 Å². The summed E-state index contributed by atoms with van der Waals surface area (Å²) in [5.74, 6) is -1.55. The van der Waals surface area contributed by atoms with Crippen molar-refractivity contribution in [2.75, 3.05) is 5.73 Å². The van der Waals surface area contributed by atoms with Crippen molar-refractivity contribution in [2.24, 2.45) is 0 Å². The maximum Gasteiger partial charge on any atom is 0.263 e. The van der Waals surface area contributed by atoms with Crippen molar-refractivity contribution in [2.45, 2.75) is 6.54 Å². The zero-order chi connectivity index (χ0) is 15.1. The molecule has 1 aliphatic heterocycles. The number of benzene rings is 2. The summed E-state index contributed by atoms with van der Waals surface area (Å²) in [7, 11) is 0. The van der Waals surface area contributed by atoms with Crippen molar-refractivity contribution in [3.05, 3.63) is 63.9 Å². The van der Waals surface area contributed by atoms with Crippen LogP contribution in [0, 0.1) is 5.82 Å². The Balaban J connectivity index is 1.97. The molecule has 0 saturated carbocycles. The number of hydrogen-bond donors (Lipinski definition) is 1. The van der Waals surface area contributed by atoms with Crippen LogP contribution in [0.5, 0.6) is 0 Å². The lowest BCUT2D eigenvalue weighted by molar-refractivity contribution is 0.0641. The minimum absolute atomic E-state index is 0.158. The average molecular weight is 305 g/mol. The van der Waals surface area contributed by atoms with E-state index in [2.05, 4.69) is 0 Å². The van der Waals surface area contributed by atoms with Crippen molar-refractivity contribution in [1.29, 1.82) is 0 Å². The summed E-state index contributed by atoms with van der Waals surface area (Å²) in [4.78, 5) is 25.5. The number of rotatable bonds is 2. The first-order valence-electron chi connectivity index (χ1n) is 6.17. The number of hydrogen-bond acceptors (Lipinski definition) is 3. The summed E-state index contributed by atoms with van der Waals surface area (Å²) in [6.07, 6.45) is 0. The van der Waals surface area contributed by atoms with E-state index in [0.29, 0.717) is 0 Å². The summed E-state index contributed by atoms with van der Waals surface area (Å²) in [6.45, 7) is -0.158. The van der Waals surface area contributed by atoms with Crippen LogP contribution in [-0.2, 0) is 6.54 Å². The van der Waals surface area contributed by atoms with Gasteiger partial charge in [-0.3, -0.25) is 14.5 Å². The van der Waals surface area contributed by atoms with Gasteiger partial charge in [0.1, 0.15) is 5.82 Å². The molecule has 0 spiro atoms. The summed E-state index contributed by atoms with van der Waals surface area (Å²) in [5.41, 5.74) is 6.62. The molecule has 2 N–H and O–H groups in total. The number of carbonyl (C=O) groups is 2. The Labute approximate surface area is 124 Å². The molecule has 3 rings (SSSR count). The van der Waals surface area contributed by atoms with Gasteiger partial charge in [0.2, 0.25) is 0 Å². The predicted molar refractivity (Wildman–Crippen MR) is 76.5 cm³/mol. The largest absolute Gasteiger partial charge is 0.398 e. The van der Waals surface area contributed by atoms with E-state index in [1.807, 2.05) is 0 Å². The number of amides is 2. The van der Waals surface area contributed by atoms with Crippen LogP contribution in [0.25, 0.3) is 0 Å². The fourth-order valence-electron chi connectivity index (χ4n) is 2.32. The fourth-order valence-corrected chi connectivity index (χ4v) is 2.48. The molecule has 1 heterocycles. The van der Waals surface area contributed by atoms with E-state index in [9.17, 15) is 14.0 Å². The summed E-state index contributed by atoms with van der Waals surface area (Å²) >= 11 is 5.68. The number of fused-ring (bicyclic) bond motifs is 1. The monoisotopic (exact) mass is 304 g/mol. The summed E-state index contributed by atoms with van der Waals surface area (Å²) < 4.78 is 13.8. The van der Waals surface area contributed by atoms with Crippen LogP contribution < -0.4 is 5.73 Å². The highest BCUT2D eigenvalue weighted by atomic mass is 35.5. The Morgan fingerprint density at radius 2 is 1.90 bits per heavy atom. The van der Waals surface area contributed by atoms with Gasteiger partial charge in [-0.2, -0.15) is 0 Å². The lowest BCUT2D eigenvalue weighted by Gasteiger charge is -2.14. The molecule has 2 amide bonds. The van der Waals surface area contributed by atoms with Gasteiger partial charge >= 0.3 is 0 Å². The van der Waals surface area contributed by atoms with E-state index in [1.54, 1.807) is 12.1 Å². The van der Waals surface area contributed by atoms with Gasteiger partial charge < -0.3 is 5.73 Å². The third kappa shape index (κ3) is 2.15. The second-order valence-electron chi connectivity index (χ2n) is 4.70. The summed E-state index contributed by atoms with van der Waals surface area (Å²) in [6, 6.07) is 8.78. The Kier molecular flexibility index (Phi) is 3.14. The van der Waals surface area contributed by atoms with Crippen molar-refractivity contribution in [3.8, 4) is 0 Å². The molecule has 0 unspecified atom stereocenters. The highest BCUT2D eigenvalue weighted by molar-refractivity contribution is 6.30. The minimum atomic E-state index is -0.563. The molecule has 106 valence electrons. The number of halogens is 2. The second kappa shape index (κ2) is 4.86. The molecule has 0 aliphatic carbocycles. The molecule has 0 bridgehead atoms. The van der Waals surface area contributed by atoms with Gasteiger partial charge in [-0.25, -0.2) is 4.39 Å². The number of nitrogens with zero attached hydrogens (tertiary/aromatic N) is 1. The van der Waals surface area contributed by atoms with Gasteiger partial charge in [0.15, 0.2) is 0 Å². The topological polar surface area (TPSA) is 63.4 Å². The van der Waals surface area contributed by atoms with Crippen LogP contribution in [-0.4, -0.2) is 16.7 Å². The highest BCUT2D eigenvalue weighted by Gasteiger charge is 2.37. The number of nitrogens with two attached hydrogens (primary N) is 1. The molecule has 4 nitrogen and oxygen atoms in total. The van der Waals surface area contributed by atoms with E-state index in [1.165, 1.54) is 18.2 Å². The maximum atomic E-state index is 13.8. The first-order chi connectivity index (χ1) is 9.99. The van der Waals surface area contributed by atoms with E-state index >= 15 is 0 Å².